The van der Waals surface area contributed by atoms with E-state index in [0.29, 0.717) is 36.1 Å². The molecule has 24 heavy (non-hydrogen) atoms. The van der Waals surface area contributed by atoms with Gasteiger partial charge in [0.1, 0.15) is 11.5 Å². The van der Waals surface area contributed by atoms with E-state index in [2.05, 4.69) is 52.5 Å². The van der Waals surface area contributed by atoms with Crippen LogP contribution in [0.3, 0.4) is 0 Å². The molecule has 3 rings (SSSR count). The molecule has 2 aromatic rings. The van der Waals surface area contributed by atoms with E-state index in [1.807, 2.05) is 51.1 Å². The molecule has 0 aliphatic carbocycles. The van der Waals surface area contributed by atoms with Gasteiger partial charge in [0.05, 0.1) is 0 Å². The van der Waals surface area contributed by atoms with Crippen molar-refractivity contribution in [2.75, 3.05) is 16.0 Å². The van der Waals surface area contributed by atoms with E-state index in [0.717, 1.165) is 5.56 Å². The lowest BCUT2D eigenvalue weighted by Crippen LogP contribution is -2.35. The molecular formula is C16H23I2N5O. The van der Waals surface area contributed by atoms with Crippen LogP contribution in [-0.2, 0) is 13.0 Å². The molecule has 132 valence electrons. The zero-order chi connectivity index (χ0) is 18.1. The number of anilines is 3. The van der Waals surface area contributed by atoms with Gasteiger partial charge in [0, 0.05) is 50.2 Å². The first kappa shape index (κ1) is 21.2. The molecule has 1 aliphatic heterocycles. The minimum Gasteiger partial charge on any atom is -0.382 e. The average molecular weight is 555 g/mol. The summed E-state index contributed by atoms with van der Waals surface area (Å²) < 4.78 is 0. The van der Waals surface area contributed by atoms with Crippen molar-refractivity contribution in [3.63, 3.8) is 0 Å². The fraction of sp³-hybridized carbons (Fsp3) is 0.375. The smallest absolute Gasteiger partial charge is 0.207 e. The number of aromatic nitrogens is 2. The van der Waals surface area contributed by atoms with Crippen molar-refractivity contribution in [2.45, 2.75) is 40.1 Å². The standard InChI is InChI=1S/C14H17N5O.C2H6.I2/c1-2-10-16-12(15)11-13(17-10)19(14(20)18-11)8-9-6-4-3-5-7-9;2*1-2/h3-7,14,18,20H,2,8H2,1H3,(H2,15,16,17);1-2H3;. The molecule has 1 unspecified atom stereocenters. The highest BCUT2D eigenvalue weighted by Crippen LogP contribution is 2.36. The number of halogens is 2. The number of nitrogens with two attached hydrogens (primary N) is 1. The molecule has 0 spiro atoms. The van der Waals surface area contributed by atoms with E-state index in [4.69, 9.17) is 5.73 Å². The van der Waals surface area contributed by atoms with Crippen LogP contribution in [0.15, 0.2) is 30.3 Å². The molecule has 0 amide bonds. The molecule has 8 heteroatoms. The molecule has 0 saturated carbocycles. The van der Waals surface area contributed by atoms with Crippen molar-refractivity contribution in [3.8, 4) is 0 Å². The predicted octanol–water partition coefficient (Wildman–Crippen LogP) is 4.13. The Morgan fingerprint density at radius 2 is 1.83 bits per heavy atom. The highest BCUT2D eigenvalue weighted by Gasteiger charge is 2.31. The lowest BCUT2D eigenvalue weighted by atomic mass is 10.2. The van der Waals surface area contributed by atoms with Gasteiger partial charge in [-0.3, -0.25) is 0 Å². The summed E-state index contributed by atoms with van der Waals surface area (Å²) in [7, 11) is 0. The van der Waals surface area contributed by atoms with Gasteiger partial charge < -0.3 is 21.1 Å². The normalized spacial score (nSPS) is 14.6. The van der Waals surface area contributed by atoms with Crippen LogP contribution >= 0.6 is 37.2 Å². The quantitative estimate of drug-likeness (QED) is 0.495. The summed E-state index contributed by atoms with van der Waals surface area (Å²) in [6.45, 7) is 6.53. The van der Waals surface area contributed by atoms with Crippen molar-refractivity contribution >= 4 is 54.6 Å². The van der Waals surface area contributed by atoms with E-state index in [1.54, 1.807) is 4.90 Å². The third-order valence-corrected chi connectivity index (χ3v) is 3.32. The summed E-state index contributed by atoms with van der Waals surface area (Å²) >= 11 is 4.24. The van der Waals surface area contributed by atoms with Crippen molar-refractivity contribution in [1.29, 1.82) is 0 Å². The Labute approximate surface area is 166 Å². The maximum absolute atomic E-state index is 10.2. The Morgan fingerprint density at radius 3 is 2.42 bits per heavy atom. The lowest BCUT2D eigenvalue weighted by Gasteiger charge is -2.21. The summed E-state index contributed by atoms with van der Waals surface area (Å²) in [4.78, 5) is 10.5. The first-order valence-electron chi connectivity index (χ1n) is 7.75. The third-order valence-electron chi connectivity index (χ3n) is 3.32. The Morgan fingerprint density at radius 1 is 1.21 bits per heavy atom. The molecule has 4 N–H and O–H groups in total. The average Bonchev–Trinajstić information content (AvgIpc) is 2.96. The summed E-state index contributed by atoms with van der Waals surface area (Å²) in [6, 6.07) is 9.92. The van der Waals surface area contributed by atoms with E-state index in [-0.39, 0.29) is 0 Å². The molecule has 1 atom stereocenters. The van der Waals surface area contributed by atoms with Crippen LogP contribution in [0.2, 0.25) is 0 Å². The summed E-state index contributed by atoms with van der Waals surface area (Å²) in [5.41, 5.74) is 7.61. The van der Waals surface area contributed by atoms with E-state index in [9.17, 15) is 5.11 Å². The number of fused-ring (bicyclic) bond motifs is 1. The fourth-order valence-electron chi connectivity index (χ4n) is 2.28. The molecule has 1 aliphatic rings. The fourth-order valence-corrected chi connectivity index (χ4v) is 2.28. The monoisotopic (exact) mass is 555 g/mol. The van der Waals surface area contributed by atoms with Gasteiger partial charge in [-0.2, -0.15) is 0 Å². The highest BCUT2D eigenvalue weighted by molar-refractivity contribution is 15.0. The van der Waals surface area contributed by atoms with Gasteiger partial charge in [0.15, 0.2) is 11.6 Å². The van der Waals surface area contributed by atoms with Crippen molar-refractivity contribution in [1.82, 2.24) is 9.97 Å². The van der Waals surface area contributed by atoms with Gasteiger partial charge in [-0.15, -0.1) is 0 Å². The van der Waals surface area contributed by atoms with Crippen molar-refractivity contribution in [3.05, 3.63) is 41.7 Å². The van der Waals surface area contributed by atoms with Crippen LogP contribution in [0.5, 0.6) is 0 Å². The molecular weight excluding hydrogens is 532 g/mol. The number of nitrogen functional groups attached to an aromatic ring is 1. The Hall–Kier alpha value is -0.880. The van der Waals surface area contributed by atoms with E-state index < -0.39 is 6.35 Å². The van der Waals surface area contributed by atoms with Crippen LogP contribution in [0.1, 0.15) is 32.2 Å². The topological polar surface area (TPSA) is 87.3 Å². The molecule has 0 bridgehead atoms. The van der Waals surface area contributed by atoms with Gasteiger partial charge in [-0.25, -0.2) is 9.97 Å². The Kier molecular flexibility index (Phi) is 9.59. The maximum Gasteiger partial charge on any atom is 0.207 e. The van der Waals surface area contributed by atoms with Gasteiger partial charge in [0.25, 0.3) is 0 Å². The first-order chi connectivity index (χ1) is 11.7. The number of aryl methyl sites for hydroxylation is 1. The van der Waals surface area contributed by atoms with Crippen LogP contribution < -0.4 is 16.0 Å². The summed E-state index contributed by atoms with van der Waals surface area (Å²) in [5.74, 6) is 1.71. The van der Waals surface area contributed by atoms with E-state index >= 15 is 0 Å². The lowest BCUT2D eigenvalue weighted by molar-refractivity contribution is 0.201. The number of hydrogen-bond acceptors (Lipinski definition) is 6. The van der Waals surface area contributed by atoms with Crippen LogP contribution in [0.25, 0.3) is 0 Å². The molecule has 2 heterocycles. The summed E-state index contributed by atoms with van der Waals surface area (Å²) in [6.07, 6.45) is -0.138. The second kappa shape index (κ2) is 10.9. The van der Waals surface area contributed by atoms with Crippen molar-refractivity contribution in [2.24, 2.45) is 0 Å². The second-order valence-electron chi connectivity index (χ2n) is 4.71. The van der Waals surface area contributed by atoms with Crippen LogP contribution in [-0.4, -0.2) is 21.4 Å². The maximum atomic E-state index is 10.2. The molecule has 0 saturated heterocycles. The van der Waals surface area contributed by atoms with Gasteiger partial charge in [0.2, 0.25) is 6.35 Å². The van der Waals surface area contributed by atoms with E-state index in [1.165, 1.54) is 0 Å². The van der Waals surface area contributed by atoms with Crippen LogP contribution in [0.4, 0.5) is 17.3 Å². The second-order valence-corrected chi connectivity index (χ2v) is 4.71. The van der Waals surface area contributed by atoms with Gasteiger partial charge >= 0.3 is 0 Å². The SMILES string of the molecule is CC.CCc1nc(N)c2c(n1)N(Cc1ccccc1)C(O)N2.II. The Balaban J connectivity index is 0.000000671. The van der Waals surface area contributed by atoms with Crippen molar-refractivity contribution < 1.29 is 5.11 Å². The third kappa shape index (κ3) is 5.06. The number of aliphatic hydroxyl groups excluding tert-OH is 1. The van der Waals surface area contributed by atoms with Crippen LogP contribution in [0, 0.1) is 0 Å². The number of benzene rings is 1. The molecule has 1 aromatic carbocycles. The highest BCUT2D eigenvalue weighted by atomic mass is 128. The minimum atomic E-state index is -0.839. The molecule has 0 fully saturated rings. The number of nitrogens with one attached hydrogen (secondary N) is 1. The number of rotatable bonds is 3. The largest absolute Gasteiger partial charge is 0.382 e. The molecule has 6 nitrogen and oxygen atoms in total. The first-order valence-corrected chi connectivity index (χ1v) is 14.0. The number of hydrogen-bond donors (Lipinski definition) is 3. The number of aliphatic hydroxyl groups is 1. The predicted molar refractivity (Wildman–Crippen MR) is 117 cm³/mol. The molecule has 1 aromatic heterocycles. The minimum absolute atomic E-state index is 0.376. The van der Waals surface area contributed by atoms with Gasteiger partial charge in [-0.1, -0.05) is 51.1 Å². The Bertz CT molecular complexity index is 627. The van der Waals surface area contributed by atoms with Gasteiger partial charge in [-0.05, 0) is 5.56 Å². The zero-order valence-electron chi connectivity index (χ0n) is 14.0. The molecule has 0 radical (unpaired) electrons. The summed E-state index contributed by atoms with van der Waals surface area (Å²) in [5, 5.41) is 13.1. The zero-order valence-corrected chi connectivity index (χ0v) is 18.3. The number of nitrogens with zero attached hydrogens (tertiary/aromatic N) is 3.